The number of rotatable bonds is 5. The van der Waals surface area contributed by atoms with Gasteiger partial charge in [0.2, 0.25) is 5.96 Å². The normalized spacial score (nSPS) is 14.2. The van der Waals surface area contributed by atoms with Crippen LogP contribution in [0, 0.1) is 23.4 Å². The molecule has 1 aliphatic rings. The van der Waals surface area contributed by atoms with E-state index in [1.165, 1.54) is 18.2 Å². The summed E-state index contributed by atoms with van der Waals surface area (Å²) >= 11 is 0. The minimum Gasteiger partial charge on any atom is -0.381 e. The molecule has 2 heterocycles. The molecule has 1 amide bonds. The lowest BCUT2D eigenvalue weighted by Gasteiger charge is -2.24. The van der Waals surface area contributed by atoms with Crippen molar-refractivity contribution in [3.8, 4) is 11.3 Å². The Morgan fingerprint density at radius 2 is 1.87 bits per heavy atom. The van der Waals surface area contributed by atoms with Gasteiger partial charge in [-0.1, -0.05) is 0 Å². The number of aromatic amines is 1. The lowest BCUT2D eigenvalue weighted by molar-refractivity contribution is -0.0265. The second kappa shape index (κ2) is 9.00. The van der Waals surface area contributed by atoms with Crippen LogP contribution in [0.3, 0.4) is 0 Å². The van der Waals surface area contributed by atoms with Crippen molar-refractivity contribution in [1.29, 1.82) is 0 Å². The van der Waals surface area contributed by atoms with E-state index >= 15 is 0 Å². The van der Waals surface area contributed by atoms with Crippen molar-refractivity contribution in [2.75, 3.05) is 25.1 Å². The number of guanidine groups is 1. The molecule has 1 aromatic heterocycles. The van der Waals surface area contributed by atoms with E-state index in [2.05, 4.69) is 25.8 Å². The quantitative estimate of drug-likeness (QED) is 0.429. The van der Waals surface area contributed by atoms with Crippen molar-refractivity contribution in [3.05, 3.63) is 71.5 Å². The maximum Gasteiger partial charge on any atom is 0.258 e. The van der Waals surface area contributed by atoms with Gasteiger partial charge >= 0.3 is 0 Å². The van der Waals surface area contributed by atoms with E-state index in [9.17, 15) is 18.0 Å². The van der Waals surface area contributed by atoms with Gasteiger partial charge in [0, 0.05) is 17.5 Å². The van der Waals surface area contributed by atoms with Gasteiger partial charge in [-0.15, -0.1) is 0 Å². The lowest BCUT2D eigenvalue weighted by atomic mass is 10.1. The Kier molecular flexibility index (Phi) is 5.99. The second-order valence-corrected chi connectivity index (χ2v) is 6.97. The smallest absolute Gasteiger partial charge is 0.258 e. The van der Waals surface area contributed by atoms with Gasteiger partial charge in [-0.05, 0) is 48.0 Å². The maximum absolute atomic E-state index is 13.5. The van der Waals surface area contributed by atoms with Crippen LogP contribution in [0.1, 0.15) is 10.4 Å². The molecule has 31 heavy (non-hydrogen) atoms. The van der Waals surface area contributed by atoms with Gasteiger partial charge < -0.3 is 10.1 Å². The van der Waals surface area contributed by atoms with Gasteiger partial charge in [-0.2, -0.15) is 5.10 Å². The minimum absolute atomic E-state index is 0.0607. The van der Waals surface area contributed by atoms with Gasteiger partial charge in [0.05, 0.1) is 25.5 Å². The first kappa shape index (κ1) is 20.6. The molecule has 3 aromatic rings. The number of benzene rings is 2. The number of anilines is 1. The van der Waals surface area contributed by atoms with E-state index < -0.39 is 17.5 Å². The van der Waals surface area contributed by atoms with E-state index in [1.54, 1.807) is 18.2 Å². The van der Waals surface area contributed by atoms with Crippen LogP contribution in [0.15, 0.2) is 53.5 Å². The highest BCUT2D eigenvalue weighted by Crippen LogP contribution is 2.20. The third-order valence-electron chi connectivity index (χ3n) is 4.61. The number of hydrogen-bond donors (Lipinski definition) is 3. The first-order valence-corrected chi connectivity index (χ1v) is 9.45. The zero-order chi connectivity index (χ0) is 21.8. The number of hydrogen-bond acceptors (Lipinski definition) is 4. The molecule has 0 spiro atoms. The highest BCUT2D eigenvalue weighted by molar-refractivity contribution is 6.09. The van der Waals surface area contributed by atoms with Crippen LogP contribution in [0.2, 0.25) is 0 Å². The molecule has 160 valence electrons. The average Bonchev–Trinajstić information content (AvgIpc) is 3.17. The average molecular weight is 429 g/mol. The second-order valence-electron chi connectivity index (χ2n) is 6.97. The Morgan fingerprint density at radius 1 is 1.10 bits per heavy atom. The van der Waals surface area contributed by atoms with Crippen LogP contribution in [0.5, 0.6) is 0 Å². The summed E-state index contributed by atoms with van der Waals surface area (Å²) in [6.07, 6.45) is 0. The van der Waals surface area contributed by atoms with E-state index in [1.807, 2.05) is 0 Å². The SMILES string of the molecule is O=C(NC(=NCC1COC1)Nc1cc(-c2ccc(F)cc2)[nH]n1)c1ccc(F)c(F)c1. The molecule has 0 atom stereocenters. The summed E-state index contributed by atoms with van der Waals surface area (Å²) in [5.41, 5.74) is 1.29. The fraction of sp³-hybridized carbons (Fsp3) is 0.190. The standard InChI is InChI=1S/C21H18F3N5O2/c22-15-4-1-13(2-5-15)18-8-19(29-28-18)26-21(25-9-12-10-31-11-12)27-20(30)14-3-6-16(23)17(24)7-14/h1-8,12H,9-11H2,(H3,25,26,27,28,29,30). The van der Waals surface area contributed by atoms with Crippen molar-refractivity contribution in [2.45, 2.75) is 0 Å². The summed E-state index contributed by atoms with van der Waals surface area (Å²) in [5.74, 6) is -2.50. The summed E-state index contributed by atoms with van der Waals surface area (Å²) in [6.45, 7) is 1.55. The third-order valence-corrected chi connectivity index (χ3v) is 4.61. The fourth-order valence-electron chi connectivity index (χ4n) is 2.82. The van der Waals surface area contributed by atoms with Crippen molar-refractivity contribution in [1.82, 2.24) is 15.5 Å². The van der Waals surface area contributed by atoms with Crippen LogP contribution in [0.25, 0.3) is 11.3 Å². The number of carbonyl (C=O) groups is 1. The molecular formula is C21H18F3N5O2. The van der Waals surface area contributed by atoms with Crippen LogP contribution >= 0.6 is 0 Å². The predicted octanol–water partition coefficient (Wildman–Crippen LogP) is 3.34. The number of H-pyrrole nitrogens is 1. The van der Waals surface area contributed by atoms with Crippen molar-refractivity contribution in [2.24, 2.45) is 10.9 Å². The molecule has 0 aliphatic carbocycles. The number of aliphatic imine (C=N–C) groups is 1. The molecule has 1 saturated heterocycles. The third kappa shape index (κ3) is 5.10. The number of amides is 1. The maximum atomic E-state index is 13.5. The number of halogens is 3. The monoisotopic (exact) mass is 429 g/mol. The molecule has 7 nitrogen and oxygen atoms in total. The first-order valence-electron chi connectivity index (χ1n) is 9.45. The van der Waals surface area contributed by atoms with Crippen molar-refractivity contribution in [3.63, 3.8) is 0 Å². The number of aromatic nitrogens is 2. The summed E-state index contributed by atoms with van der Waals surface area (Å²) < 4.78 is 44.9. The van der Waals surface area contributed by atoms with Crippen molar-refractivity contribution < 1.29 is 22.7 Å². The Morgan fingerprint density at radius 3 is 2.55 bits per heavy atom. The van der Waals surface area contributed by atoms with Crippen LogP contribution in [0.4, 0.5) is 19.0 Å². The molecule has 1 fully saturated rings. The fourth-order valence-corrected chi connectivity index (χ4v) is 2.82. The highest BCUT2D eigenvalue weighted by Gasteiger charge is 2.19. The van der Waals surface area contributed by atoms with Crippen molar-refractivity contribution >= 4 is 17.7 Å². The van der Waals surface area contributed by atoms with Gasteiger partial charge in [0.1, 0.15) is 5.82 Å². The highest BCUT2D eigenvalue weighted by atomic mass is 19.2. The van der Waals surface area contributed by atoms with Crippen LogP contribution < -0.4 is 10.6 Å². The Hall–Kier alpha value is -3.66. The molecule has 4 rings (SSSR count). The summed E-state index contributed by atoms with van der Waals surface area (Å²) in [6, 6.07) is 10.4. The molecule has 0 bridgehead atoms. The van der Waals surface area contributed by atoms with E-state index in [0.717, 1.165) is 17.7 Å². The Bertz CT molecular complexity index is 1110. The molecule has 10 heteroatoms. The Labute approximate surface area is 175 Å². The first-order chi connectivity index (χ1) is 15.0. The molecular weight excluding hydrogens is 411 g/mol. The molecule has 3 N–H and O–H groups in total. The minimum atomic E-state index is -1.12. The number of ether oxygens (including phenoxy) is 1. The van der Waals surface area contributed by atoms with Gasteiger partial charge in [0.15, 0.2) is 17.5 Å². The molecule has 1 aliphatic heterocycles. The number of nitrogens with zero attached hydrogens (tertiary/aromatic N) is 2. The predicted molar refractivity (Wildman–Crippen MR) is 108 cm³/mol. The lowest BCUT2D eigenvalue weighted by Crippen LogP contribution is -2.38. The number of carbonyl (C=O) groups excluding carboxylic acids is 1. The zero-order valence-corrected chi connectivity index (χ0v) is 16.2. The molecule has 0 unspecified atom stereocenters. The zero-order valence-electron chi connectivity index (χ0n) is 16.2. The molecule has 0 radical (unpaired) electrons. The molecule has 2 aromatic carbocycles. The number of nitrogens with one attached hydrogen (secondary N) is 3. The van der Waals surface area contributed by atoms with E-state index in [-0.39, 0.29) is 23.3 Å². The summed E-state index contributed by atoms with van der Waals surface area (Å²) in [7, 11) is 0. The van der Waals surface area contributed by atoms with Crippen LogP contribution in [-0.4, -0.2) is 41.8 Å². The Balaban J connectivity index is 1.50. The van der Waals surface area contributed by atoms with Gasteiger partial charge in [-0.3, -0.25) is 20.2 Å². The van der Waals surface area contributed by atoms with Crippen LogP contribution in [-0.2, 0) is 4.74 Å². The largest absolute Gasteiger partial charge is 0.381 e. The van der Waals surface area contributed by atoms with E-state index in [0.29, 0.717) is 31.3 Å². The molecule has 0 saturated carbocycles. The summed E-state index contributed by atoms with van der Waals surface area (Å²) in [4.78, 5) is 16.8. The van der Waals surface area contributed by atoms with Gasteiger partial charge in [-0.25, -0.2) is 13.2 Å². The summed E-state index contributed by atoms with van der Waals surface area (Å²) in [5, 5.41) is 12.4. The topological polar surface area (TPSA) is 91.4 Å². The van der Waals surface area contributed by atoms with E-state index in [4.69, 9.17) is 4.74 Å². The van der Waals surface area contributed by atoms with Gasteiger partial charge in [0.25, 0.3) is 5.91 Å².